The van der Waals surface area contributed by atoms with E-state index in [1.807, 2.05) is 19.2 Å². The molecule has 0 atom stereocenters. The van der Waals surface area contributed by atoms with Crippen molar-refractivity contribution in [3.63, 3.8) is 0 Å². The molecule has 0 aliphatic carbocycles. The Bertz CT molecular complexity index is 1430. The van der Waals surface area contributed by atoms with Crippen molar-refractivity contribution in [2.45, 2.75) is 11.8 Å². The summed E-state index contributed by atoms with van der Waals surface area (Å²) in [6.45, 7) is 6.21. The summed E-state index contributed by atoms with van der Waals surface area (Å²) in [6.07, 6.45) is 1.22. The van der Waals surface area contributed by atoms with Crippen LogP contribution in [-0.2, 0) is 16.9 Å². The maximum atomic E-state index is 11.8. The molecule has 1 aromatic heterocycles. The van der Waals surface area contributed by atoms with Gasteiger partial charge in [0.15, 0.2) is 9.84 Å². The second-order valence-corrected chi connectivity index (χ2v) is 10.8. The topological polar surface area (TPSA) is 67.2 Å². The summed E-state index contributed by atoms with van der Waals surface area (Å²) in [7, 11) is -1.22. The monoisotopic (exact) mass is 532 g/mol. The average molecular weight is 534 g/mol. The molecule has 1 aliphatic rings. The Hall–Kier alpha value is -2.58. The highest BCUT2D eigenvalue weighted by atomic mass is 35.5. The number of rotatable bonds is 4. The van der Waals surface area contributed by atoms with Crippen molar-refractivity contribution in [1.82, 2.24) is 14.9 Å². The van der Waals surface area contributed by atoms with E-state index >= 15 is 0 Å². The zero-order valence-corrected chi connectivity index (χ0v) is 22.4. The van der Waals surface area contributed by atoms with Gasteiger partial charge in [0, 0.05) is 50.7 Å². The van der Waals surface area contributed by atoms with Crippen LogP contribution in [0.25, 0.3) is 33.5 Å². The lowest BCUT2D eigenvalue weighted by Crippen LogP contribution is -2.43. The number of anilines is 1. The van der Waals surface area contributed by atoms with Crippen molar-refractivity contribution in [2.24, 2.45) is 7.05 Å². The smallest absolute Gasteiger partial charge is 0.175 e. The number of nitrogens with one attached hydrogen (secondary N) is 1. The maximum absolute atomic E-state index is 11.8. The standard InChI is InChI=1S/C26H28N4O2S.2ClH/c1-18-16-21(19-4-8-22(9-5-19)30-14-12-27-13-15-30)17-24-25(18)28-26(29(24)2)20-6-10-23(11-7-20)33(3,31)32;;/h4-11,16-17,27H,12-15H2,1-3H3;2*1H. The summed E-state index contributed by atoms with van der Waals surface area (Å²) < 4.78 is 25.7. The molecule has 186 valence electrons. The van der Waals surface area contributed by atoms with E-state index in [-0.39, 0.29) is 24.8 Å². The summed E-state index contributed by atoms with van der Waals surface area (Å²) in [5.74, 6) is 0.819. The molecule has 6 nitrogen and oxygen atoms in total. The van der Waals surface area contributed by atoms with Crippen LogP contribution < -0.4 is 10.2 Å². The molecule has 0 radical (unpaired) electrons. The lowest BCUT2D eigenvalue weighted by Gasteiger charge is -2.29. The van der Waals surface area contributed by atoms with Gasteiger partial charge in [-0.1, -0.05) is 12.1 Å². The van der Waals surface area contributed by atoms with Gasteiger partial charge in [-0.3, -0.25) is 0 Å². The zero-order chi connectivity index (χ0) is 23.2. The molecule has 0 unspecified atom stereocenters. The Balaban J connectivity index is 0.00000171. The number of fused-ring (bicyclic) bond motifs is 1. The second-order valence-electron chi connectivity index (χ2n) is 8.74. The first-order valence-electron chi connectivity index (χ1n) is 11.1. The summed E-state index contributed by atoms with van der Waals surface area (Å²) in [5, 5.41) is 3.40. The Morgan fingerprint density at radius 3 is 2.06 bits per heavy atom. The number of imidazole rings is 1. The van der Waals surface area contributed by atoms with Gasteiger partial charge in [-0.05, 0) is 72.1 Å². The number of aromatic nitrogens is 2. The van der Waals surface area contributed by atoms with E-state index in [0.717, 1.165) is 59.7 Å². The SMILES string of the molecule is Cc1cc(-c2ccc(N3CCNCC3)cc2)cc2c1nc(-c1ccc(S(C)(=O)=O)cc1)n2C.Cl.Cl. The minimum Gasteiger partial charge on any atom is -0.369 e. The van der Waals surface area contributed by atoms with Crippen molar-refractivity contribution >= 4 is 51.4 Å². The van der Waals surface area contributed by atoms with Gasteiger partial charge in [0.1, 0.15) is 5.82 Å². The molecule has 0 spiro atoms. The van der Waals surface area contributed by atoms with E-state index in [1.54, 1.807) is 12.1 Å². The highest BCUT2D eigenvalue weighted by molar-refractivity contribution is 7.90. The van der Waals surface area contributed by atoms with Crippen LogP contribution in [0.2, 0.25) is 0 Å². The fourth-order valence-corrected chi connectivity index (χ4v) is 5.15. The van der Waals surface area contributed by atoms with Crippen LogP contribution in [0.3, 0.4) is 0 Å². The second kappa shape index (κ2) is 10.6. The molecule has 9 heteroatoms. The van der Waals surface area contributed by atoms with Crippen LogP contribution in [0.1, 0.15) is 5.56 Å². The van der Waals surface area contributed by atoms with E-state index in [9.17, 15) is 8.42 Å². The first kappa shape index (κ1) is 27.0. The number of hydrogen-bond acceptors (Lipinski definition) is 5. The third kappa shape index (κ3) is 5.33. The third-order valence-corrected chi connectivity index (χ3v) is 7.53. The van der Waals surface area contributed by atoms with Crippen molar-refractivity contribution < 1.29 is 8.42 Å². The minimum atomic E-state index is -3.22. The molecule has 0 saturated carbocycles. The Labute approximate surface area is 219 Å². The number of sulfone groups is 1. The highest BCUT2D eigenvalue weighted by Gasteiger charge is 2.15. The van der Waals surface area contributed by atoms with E-state index in [4.69, 9.17) is 4.98 Å². The zero-order valence-electron chi connectivity index (χ0n) is 20.0. The Morgan fingerprint density at radius 1 is 0.857 bits per heavy atom. The van der Waals surface area contributed by atoms with Gasteiger partial charge in [-0.2, -0.15) is 0 Å². The molecule has 2 heterocycles. The molecule has 5 rings (SSSR count). The van der Waals surface area contributed by atoms with Gasteiger partial charge in [-0.15, -0.1) is 24.8 Å². The fourth-order valence-electron chi connectivity index (χ4n) is 4.52. The molecule has 35 heavy (non-hydrogen) atoms. The molecule has 1 N–H and O–H groups in total. The first-order valence-corrected chi connectivity index (χ1v) is 13.0. The summed E-state index contributed by atoms with van der Waals surface area (Å²) in [5.41, 5.74) is 7.62. The van der Waals surface area contributed by atoms with E-state index < -0.39 is 9.84 Å². The minimum absolute atomic E-state index is 0. The van der Waals surface area contributed by atoms with Crippen LogP contribution in [0.5, 0.6) is 0 Å². The normalized spacial score (nSPS) is 13.9. The van der Waals surface area contributed by atoms with Crippen LogP contribution in [-0.4, -0.2) is 50.4 Å². The Morgan fingerprint density at radius 2 is 1.46 bits per heavy atom. The average Bonchev–Trinajstić information content (AvgIpc) is 3.16. The molecule has 1 aliphatic heterocycles. The summed E-state index contributed by atoms with van der Waals surface area (Å²) in [6, 6.07) is 20.1. The van der Waals surface area contributed by atoms with Gasteiger partial charge in [0.2, 0.25) is 0 Å². The van der Waals surface area contributed by atoms with E-state index in [1.165, 1.54) is 17.5 Å². The van der Waals surface area contributed by atoms with Crippen molar-refractivity contribution in [2.75, 3.05) is 37.3 Å². The lowest BCUT2D eigenvalue weighted by atomic mass is 10.0. The van der Waals surface area contributed by atoms with Gasteiger partial charge in [-0.25, -0.2) is 13.4 Å². The van der Waals surface area contributed by atoms with Crippen molar-refractivity contribution in [1.29, 1.82) is 0 Å². The predicted molar refractivity (Wildman–Crippen MR) is 149 cm³/mol. The van der Waals surface area contributed by atoms with E-state index in [2.05, 4.69) is 58.1 Å². The molecule has 0 bridgehead atoms. The number of hydrogen-bond donors (Lipinski definition) is 1. The molecule has 1 saturated heterocycles. The van der Waals surface area contributed by atoms with Crippen LogP contribution >= 0.6 is 24.8 Å². The van der Waals surface area contributed by atoms with Crippen molar-refractivity contribution in [3.05, 3.63) is 66.2 Å². The molecule has 0 amide bonds. The summed E-state index contributed by atoms with van der Waals surface area (Å²) >= 11 is 0. The predicted octanol–water partition coefficient (Wildman–Crippen LogP) is 4.87. The molecule has 3 aromatic carbocycles. The van der Waals surface area contributed by atoms with Crippen LogP contribution in [0.15, 0.2) is 65.6 Å². The van der Waals surface area contributed by atoms with Crippen LogP contribution in [0, 0.1) is 6.92 Å². The van der Waals surface area contributed by atoms with Crippen LogP contribution in [0.4, 0.5) is 5.69 Å². The molecular formula is C26H30Cl2N4O2S. The number of piperazine rings is 1. The Kier molecular flexibility index (Phi) is 8.17. The molecule has 1 fully saturated rings. The quantitative estimate of drug-likeness (QED) is 0.406. The molecule has 4 aromatic rings. The maximum Gasteiger partial charge on any atom is 0.175 e. The van der Waals surface area contributed by atoms with Crippen molar-refractivity contribution in [3.8, 4) is 22.5 Å². The highest BCUT2D eigenvalue weighted by Crippen LogP contribution is 2.32. The number of benzene rings is 3. The largest absolute Gasteiger partial charge is 0.369 e. The third-order valence-electron chi connectivity index (χ3n) is 6.40. The van der Waals surface area contributed by atoms with Gasteiger partial charge in [0.05, 0.1) is 15.9 Å². The number of nitrogens with zero attached hydrogens (tertiary/aromatic N) is 3. The lowest BCUT2D eigenvalue weighted by molar-refractivity contribution is 0.589. The van der Waals surface area contributed by atoms with Gasteiger partial charge >= 0.3 is 0 Å². The fraction of sp³-hybridized carbons (Fsp3) is 0.269. The van der Waals surface area contributed by atoms with E-state index in [0.29, 0.717) is 4.90 Å². The number of halogens is 2. The first-order chi connectivity index (χ1) is 15.8. The van der Waals surface area contributed by atoms with Gasteiger partial charge < -0.3 is 14.8 Å². The van der Waals surface area contributed by atoms with Gasteiger partial charge in [0.25, 0.3) is 0 Å². The molecular weight excluding hydrogens is 503 g/mol. The summed E-state index contributed by atoms with van der Waals surface area (Å²) in [4.78, 5) is 7.61. The number of aryl methyl sites for hydroxylation is 2.